The molecule has 1 amide bonds. The maximum atomic E-state index is 11.6. The molecule has 1 aliphatic heterocycles. The van der Waals surface area contributed by atoms with Crippen LogP contribution in [0.4, 0.5) is 11.4 Å². The number of nitrogens with one attached hydrogen (secondary N) is 2. The van der Waals surface area contributed by atoms with Crippen LogP contribution < -0.4 is 10.6 Å². The first-order valence-electron chi connectivity index (χ1n) is 4.96. The number of para-hydroxylation sites is 2. The fourth-order valence-electron chi connectivity index (χ4n) is 1.63. The van der Waals surface area contributed by atoms with Gasteiger partial charge in [-0.3, -0.25) is 4.79 Å². The number of hydrogen-bond acceptors (Lipinski definition) is 3. The molecule has 1 atom stereocenters. The minimum Gasteiger partial charge on any atom is -0.385 e. The van der Waals surface area contributed by atoms with Gasteiger partial charge in [-0.15, -0.1) is 0 Å². The molecular weight excluding hydrogens is 192 g/mol. The van der Waals surface area contributed by atoms with Gasteiger partial charge in [0.2, 0.25) is 5.91 Å². The van der Waals surface area contributed by atoms with Crippen molar-refractivity contribution in [2.24, 2.45) is 0 Å². The Morgan fingerprint density at radius 3 is 2.80 bits per heavy atom. The fourth-order valence-corrected chi connectivity index (χ4v) is 1.63. The summed E-state index contributed by atoms with van der Waals surface area (Å²) in [5.74, 6) is 0.00532. The minimum atomic E-state index is -0.195. The number of rotatable bonds is 3. The predicted molar refractivity (Wildman–Crippen MR) is 59.0 cm³/mol. The van der Waals surface area contributed by atoms with Crippen molar-refractivity contribution in [1.29, 1.82) is 0 Å². The second-order valence-electron chi connectivity index (χ2n) is 3.51. The van der Waals surface area contributed by atoms with E-state index in [0.29, 0.717) is 13.0 Å². The third-order valence-corrected chi connectivity index (χ3v) is 2.44. The van der Waals surface area contributed by atoms with Crippen molar-refractivity contribution in [1.82, 2.24) is 0 Å². The van der Waals surface area contributed by atoms with Gasteiger partial charge in [0.1, 0.15) is 6.04 Å². The van der Waals surface area contributed by atoms with E-state index in [4.69, 9.17) is 4.74 Å². The van der Waals surface area contributed by atoms with Crippen LogP contribution in [0, 0.1) is 0 Å². The van der Waals surface area contributed by atoms with E-state index >= 15 is 0 Å². The molecule has 4 nitrogen and oxygen atoms in total. The number of carbonyl (C=O) groups is 1. The summed E-state index contributed by atoms with van der Waals surface area (Å²) in [5.41, 5.74) is 1.81. The summed E-state index contributed by atoms with van der Waals surface area (Å²) in [7, 11) is 1.63. The predicted octanol–water partition coefficient (Wildman–Crippen LogP) is 1.46. The zero-order valence-electron chi connectivity index (χ0n) is 8.62. The van der Waals surface area contributed by atoms with Crippen LogP contribution in [0.3, 0.4) is 0 Å². The molecule has 80 valence electrons. The lowest BCUT2D eigenvalue weighted by atomic mass is 10.1. The molecule has 0 aromatic heterocycles. The molecular formula is C11H14N2O2. The molecule has 1 unspecified atom stereocenters. The van der Waals surface area contributed by atoms with Gasteiger partial charge in [0.15, 0.2) is 0 Å². The number of carbonyl (C=O) groups excluding carboxylic acids is 1. The maximum Gasteiger partial charge on any atom is 0.247 e. The Kier molecular flexibility index (Phi) is 2.87. The highest BCUT2D eigenvalue weighted by Gasteiger charge is 2.24. The van der Waals surface area contributed by atoms with Crippen LogP contribution in [-0.2, 0) is 9.53 Å². The molecule has 0 radical (unpaired) electrons. The molecule has 0 saturated heterocycles. The van der Waals surface area contributed by atoms with E-state index in [1.54, 1.807) is 7.11 Å². The molecule has 4 heteroatoms. The summed E-state index contributed by atoms with van der Waals surface area (Å²) in [6.07, 6.45) is 0.677. The van der Waals surface area contributed by atoms with Gasteiger partial charge < -0.3 is 15.4 Å². The van der Waals surface area contributed by atoms with Crippen molar-refractivity contribution in [2.45, 2.75) is 12.5 Å². The first-order valence-corrected chi connectivity index (χ1v) is 4.96. The molecule has 1 heterocycles. The van der Waals surface area contributed by atoms with Crippen LogP contribution in [0.25, 0.3) is 0 Å². The zero-order chi connectivity index (χ0) is 10.7. The Bertz CT molecular complexity index is 365. The number of benzene rings is 1. The number of fused-ring (bicyclic) bond motifs is 1. The number of amides is 1. The van der Waals surface area contributed by atoms with E-state index in [1.165, 1.54) is 0 Å². The molecule has 0 aliphatic carbocycles. The topological polar surface area (TPSA) is 50.4 Å². The van der Waals surface area contributed by atoms with E-state index in [-0.39, 0.29) is 11.9 Å². The van der Waals surface area contributed by atoms with Gasteiger partial charge in [0, 0.05) is 13.7 Å². The van der Waals surface area contributed by atoms with E-state index in [2.05, 4.69) is 10.6 Å². The largest absolute Gasteiger partial charge is 0.385 e. The number of methoxy groups -OCH3 is 1. The maximum absolute atomic E-state index is 11.6. The number of ether oxygens (including phenoxy) is 1. The quantitative estimate of drug-likeness (QED) is 0.787. The van der Waals surface area contributed by atoms with E-state index in [9.17, 15) is 4.79 Å². The molecule has 15 heavy (non-hydrogen) atoms. The molecule has 1 aromatic carbocycles. The Balaban J connectivity index is 2.11. The van der Waals surface area contributed by atoms with E-state index in [0.717, 1.165) is 11.4 Å². The van der Waals surface area contributed by atoms with Gasteiger partial charge in [0.25, 0.3) is 0 Å². The lowest BCUT2D eigenvalue weighted by Crippen LogP contribution is -2.39. The molecule has 0 bridgehead atoms. The summed E-state index contributed by atoms with van der Waals surface area (Å²) >= 11 is 0. The average molecular weight is 206 g/mol. The molecule has 1 aromatic rings. The molecule has 0 spiro atoms. The van der Waals surface area contributed by atoms with Crippen LogP contribution in [0.2, 0.25) is 0 Å². The van der Waals surface area contributed by atoms with Crippen LogP contribution in [0.1, 0.15) is 6.42 Å². The Hall–Kier alpha value is -1.55. The highest BCUT2D eigenvalue weighted by atomic mass is 16.5. The van der Waals surface area contributed by atoms with Crippen molar-refractivity contribution >= 4 is 17.3 Å². The normalized spacial score (nSPS) is 19.0. The lowest BCUT2D eigenvalue weighted by molar-refractivity contribution is -0.117. The average Bonchev–Trinajstić information content (AvgIpc) is 2.26. The smallest absolute Gasteiger partial charge is 0.247 e. The van der Waals surface area contributed by atoms with Gasteiger partial charge in [-0.1, -0.05) is 12.1 Å². The summed E-state index contributed by atoms with van der Waals surface area (Å²) in [5, 5.41) is 6.05. The number of hydrogen-bond donors (Lipinski definition) is 2. The Labute approximate surface area is 88.6 Å². The Morgan fingerprint density at radius 2 is 2.07 bits per heavy atom. The molecule has 1 aliphatic rings. The monoisotopic (exact) mass is 206 g/mol. The molecule has 2 rings (SSSR count). The van der Waals surface area contributed by atoms with Crippen LogP contribution in [0.5, 0.6) is 0 Å². The molecule has 2 N–H and O–H groups in total. The summed E-state index contributed by atoms with van der Waals surface area (Å²) < 4.78 is 4.96. The summed E-state index contributed by atoms with van der Waals surface area (Å²) in [6.45, 7) is 0.577. The van der Waals surface area contributed by atoms with E-state index in [1.807, 2.05) is 24.3 Å². The second-order valence-corrected chi connectivity index (χ2v) is 3.51. The standard InChI is InChI=1S/C11H14N2O2/c1-15-7-6-10-11(14)13-9-5-3-2-4-8(9)12-10/h2-5,10,12H,6-7H2,1H3,(H,13,14). The van der Waals surface area contributed by atoms with Crippen molar-refractivity contribution < 1.29 is 9.53 Å². The van der Waals surface area contributed by atoms with E-state index < -0.39 is 0 Å². The van der Waals surface area contributed by atoms with Gasteiger partial charge >= 0.3 is 0 Å². The zero-order valence-corrected chi connectivity index (χ0v) is 8.62. The van der Waals surface area contributed by atoms with Crippen molar-refractivity contribution in [2.75, 3.05) is 24.4 Å². The first-order chi connectivity index (χ1) is 7.31. The van der Waals surface area contributed by atoms with Crippen LogP contribution >= 0.6 is 0 Å². The number of anilines is 2. The third kappa shape index (κ3) is 2.10. The van der Waals surface area contributed by atoms with Crippen molar-refractivity contribution in [3.8, 4) is 0 Å². The van der Waals surface area contributed by atoms with Crippen LogP contribution in [-0.4, -0.2) is 25.7 Å². The molecule has 0 fully saturated rings. The third-order valence-electron chi connectivity index (χ3n) is 2.44. The summed E-state index contributed by atoms with van der Waals surface area (Å²) in [6, 6.07) is 7.48. The Morgan fingerprint density at radius 1 is 1.33 bits per heavy atom. The van der Waals surface area contributed by atoms with Crippen molar-refractivity contribution in [3.05, 3.63) is 24.3 Å². The van der Waals surface area contributed by atoms with Crippen molar-refractivity contribution in [3.63, 3.8) is 0 Å². The highest BCUT2D eigenvalue weighted by Crippen LogP contribution is 2.26. The summed E-state index contributed by atoms with van der Waals surface area (Å²) in [4.78, 5) is 11.6. The molecule has 0 saturated carbocycles. The van der Waals surface area contributed by atoms with Gasteiger partial charge in [0.05, 0.1) is 11.4 Å². The lowest BCUT2D eigenvalue weighted by Gasteiger charge is -2.26. The minimum absolute atomic E-state index is 0.00532. The van der Waals surface area contributed by atoms with Gasteiger partial charge in [-0.05, 0) is 18.6 Å². The first kappa shape index (κ1) is 9.98. The highest BCUT2D eigenvalue weighted by molar-refractivity contribution is 6.02. The second kappa shape index (κ2) is 4.31. The van der Waals surface area contributed by atoms with Gasteiger partial charge in [-0.2, -0.15) is 0 Å². The fraction of sp³-hybridized carbons (Fsp3) is 0.364. The van der Waals surface area contributed by atoms with Gasteiger partial charge in [-0.25, -0.2) is 0 Å². The van der Waals surface area contributed by atoms with Crippen LogP contribution in [0.15, 0.2) is 24.3 Å². The SMILES string of the molecule is COCCC1Nc2ccccc2NC1=O.